The summed E-state index contributed by atoms with van der Waals surface area (Å²) in [5.74, 6) is -0.151. The van der Waals surface area contributed by atoms with Crippen LogP contribution in [-0.4, -0.2) is 60.9 Å². The van der Waals surface area contributed by atoms with E-state index in [-0.39, 0.29) is 46.6 Å². The van der Waals surface area contributed by atoms with Crippen LogP contribution in [0.4, 0.5) is 0 Å². The van der Waals surface area contributed by atoms with E-state index in [1.165, 1.54) is 32.1 Å². The molecule has 1 aliphatic rings. The third-order valence-corrected chi connectivity index (χ3v) is 4.99. The molecule has 0 amide bonds. The third-order valence-electron chi connectivity index (χ3n) is 4.17. The first-order valence-corrected chi connectivity index (χ1v) is 8.98. The van der Waals surface area contributed by atoms with E-state index in [4.69, 9.17) is 4.55 Å². The molecule has 1 saturated carbocycles. The van der Waals surface area contributed by atoms with Crippen LogP contribution in [0.2, 0.25) is 0 Å². The van der Waals surface area contributed by atoms with Crippen molar-refractivity contribution in [3.63, 3.8) is 0 Å². The molecular formula is C14H30NNaO3S. The summed E-state index contributed by atoms with van der Waals surface area (Å²) in [6.45, 7) is 6.93. The van der Waals surface area contributed by atoms with Crippen molar-refractivity contribution in [1.29, 1.82) is 0 Å². The molecule has 1 fully saturated rings. The van der Waals surface area contributed by atoms with Crippen LogP contribution in [0.5, 0.6) is 0 Å². The molecule has 6 heteroatoms. The van der Waals surface area contributed by atoms with E-state index < -0.39 is 10.1 Å². The van der Waals surface area contributed by atoms with Gasteiger partial charge in [0.15, 0.2) is 0 Å². The predicted molar refractivity (Wildman–Crippen MR) is 86.0 cm³/mol. The van der Waals surface area contributed by atoms with Gasteiger partial charge in [0.25, 0.3) is 10.1 Å². The number of hydrogen-bond donors (Lipinski definition) is 2. The molecule has 0 aromatic carbocycles. The van der Waals surface area contributed by atoms with Gasteiger partial charge in [-0.25, -0.2) is 0 Å². The third kappa shape index (κ3) is 9.00. The van der Waals surface area contributed by atoms with E-state index in [1.807, 2.05) is 20.8 Å². The van der Waals surface area contributed by atoms with Crippen LogP contribution in [-0.2, 0) is 10.1 Å². The Morgan fingerprint density at radius 2 is 1.75 bits per heavy atom. The SMILES string of the molecule is CC(C)(C)C(CCNC1CCCCC1)CS(=O)(=O)O.[NaH]. The number of hydrogen-bond acceptors (Lipinski definition) is 3. The molecule has 0 heterocycles. The van der Waals surface area contributed by atoms with Crippen LogP contribution in [0.1, 0.15) is 59.3 Å². The molecule has 1 atom stereocenters. The summed E-state index contributed by atoms with van der Waals surface area (Å²) in [7, 11) is -3.89. The maximum absolute atomic E-state index is 11.1. The molecule has 0 radical (unpaired) electrons. The van der Waals surface area contributed by atoms with Gasteiger partial charge in [0, 0.05) is 6.04 Å². The van der Waals surface area contributed by atoms with E-state index in [0.717, 1.165) is 13.0 Å². The van der Waals surface area contributed by atoms with Crippen molar-refractivity contribution >= 4 is 39.7 Å². The summed E-state index contributed by atoms with van der Waals surface area (Å²) in [6, 6.07) is 0.597. The fourth-order valence-corrected chi connectivity index (χ4v) is 3.96. The Bertz CT molecular complexity index is 359. The van der Waals surface area contributed by atoms with Gasteiger partial charge in [0.2, 0.25) is 0 Å². The summed E-state index contributed by atoms with van der Waals surface area (Å²) in [4.78, 5) is 0. The van der Waals surface area contributed by atoms with Gasteiger partial charge >= 0.3 is 29.6 Å². The molecule has 0 spiro atoms. The van der Waals surface area contributed by atoms with Crippen molar-refractivity contribution in [2.24, 2.45) is 11.3 Å². The zero-order valence-corrected chi connectivity index (χ0v) is 13.3. The quantitative estimate of drug-likeness (QED) is 0.582. The van der Waals surface area contributed by atoms with Crippen LogP contribution in [0.15, 0.2) is 0 Å². The van der Waals surface area contributed by atoms with Gasteiger partial charge in [-0.1, -0.05) is 40.0 Å². The fourth-order valence-electron chi connectivity index (χ4n) is 2.79. The average Bonchev–Trinajstić information content (AvgIpc) is 2.26. The van der Waals surface area contributed by atoms with Gasteiger partial charge in [0.1, 0.15) is 0 Å². The molecule has 0 bridgehead atoms. The van der Waals surface area contributed by atoms with E-state index >= 15 is 0 Å². The van der Waals surface area contributed by atoms with Crippen molar-refractivity contribution in [3.05, 3.63) is 0 Å². The first-order valence-electron chi connectivity index (χ1n) is 7.37. The van der Waals surface area contributed by atoms with Crippen molar-refractivity contribution in [2.45, 2.75) is 65.3 Å². The molecule has 0 aliphatic heterocycles. The molecule has 4 nitrogen and oxygen atoms in total. The summed E-state index contributed by atoms with van der Waals surface area (Å²) in [6.07, 6.45) is 7.19. The minimum atomic E-state index is -3.89. The number of nitrogens with one attached hydrogen (secondary N) is 1. The van der Waals surface area contributed by atoms with E-state index in [0.29, 0.717) is 6.04 Å². The topological polar surface area (TPSA) is 66.4 Å². The van der Waals surface area contributed by atoms with Gasteiger partial charge in [-0.15, -0.1) is 0 Å². The summed E-state index contributed by atoms with van der Waals surface area (Å²) in [5, 5.41) is 3.53. The molecule has 1 aliphatic carbocycles. The Hall–Kier alpha value is 0.870. The normalized spacial score (nSPS) is 19.4. The monoisotopic (exact) mass is 315 g/mol. The fraction of sp³-hybridized carbons (Fsp3) is 1.00. The van der Waals surface area contributed by atoms with Crippen molar-refractivity contribution < 1.29 is 13.0 Å². The summed E-state index contributed by atoms with van der Waals surface area (Å²) in [5.41, 5.74) is -0.107. The van der Waals surface area contributed by atoms with Crippen LogP contribution in [0.25, 0.3) is 0 Å². The molecule has 1 unspecified atom stereocenters. The minimum absolute atomic E-state index is 0. The van der Waals surface area contributed by atoms with Crippen molar-refractivity contribution in [1.82, 2.24) is 5.32 Å². The Morgan fingerprint density at radius 3 is 2.20 bits per heavy atom. The predicted octanol–water partition coefficient (Wildman–Crippen LogP) is 2.20. The van der Waals surface area contributed by atoms with Crippen LogP contribution >= 0.6 is 0 Å². The van der Waals surface area contributed by atoms with Gasteiger partial charge in [-0.3, -0.25) is 4.55 Å². The van der Waals surface area contributed by atoms with E-state index in [1.54, 1.807) is 0 Å². The summed E-state index contributed by atoms with van der Waals surface area (Å²) >= 11 is 0. The molecule has 20 heavy (non-hydrogen) atoms. The summed E-state index contributed by atoms with van der Waals surface area (Å²) < 4.78 is 31.2. The second-order valence-electron chi connectivity index (χ2n) is 6.89. The zero-order chi connectivity index (χ0) is 14.5. The molecule has 0 saturated heterocycles. The van der Waals surface area contributed by atoms with Gasteiger partial charge in [0.05, 0.1) is 5.75 Å². The van der Waals surface area contributed by atoms with Gasteiger partial charge in [-0.2, -0.15) is 8.42 Å². The van der Waals surface area contributed by atoms with Crippen LogP contribution < -0.4 is 5.32 Å². The first kappa shape index (κ1) is 20.9. The maximum atomic E-state index is 11.1. The molecular weight excluding hydrogens is 285 g/mol. The molecule has 116 valence electrons. The van der Waals surface area contributed by atoms with E-state index in [9.17, 15) is 8.42 Å². The van der Waals surface area contributed by atoms with Gasteiger partial charge < -0.3 is 5.32 Å². The zero-order valence-electron chi connectivity index (χ0n) is 12.5. The Kier molecular flexibility index (Phi) is 9.51. The average molecular weight is 315 g/mol. The molecule has 0 aromatic rings. The first-order chi connectivity index (χ1) is 8.68. The Labute approximate surface area is 146 Å². The molecule has 2 N–H and O–H groups in total. The van der Waals surface area contributed by atoms with Crippen molar-refractivity contribution in [3.8, 4) is 0 Å². The van der Waals surface area contributed by atoms with Crippen molar-refractivity contribution in [2.75, 3.05) is 12.3 Å². The molecule has 0 aromatic heterocycles. The Morgan fingerprint density at radius 1 is 1.20 bits per heavy atom. The second-order valence-corrected chi connectivity index (χ2v) is 8.39. The molecule has 1 rings (SSSR count). The standard InChI is InChI=1S/C14H29NO3S.Na.H/c1-14(2,3)12(11-19(16,17)18)9-10-15-13-7-5-4-6-8-13;;/h12-13,15H,4-11H2,1-3H3,(H,16,17,18);;. The van der Waals surface area contributed by atoms with Gasteiger partial charge in [-0.05, 0) is 37.1 Å². The number of rotatable bonds is 6. The van der Waals surface area contributed by atoms with E-state index in [2.05, 4.69) is 5.32 Å². The van der Waals surface area contributed by atoms with Crippen LogP contribution in [0.3, 0.4) is 0 Å². The second kappa shape index (κ2) is 9.11. The Balaban J connectivity index is 0.00000361. The van der Waals surface area contributed by atoms with Crippen LogP contribution in [0, 0.1) is 11.3 Å².